The predicted molar refractivity (Wildman–Crippen MR) is 89.0 cm³/mol. The van der Waals surface area contributed by atoms with Crippen LogP contribution >= 0.6 is 23.1 Å². The second kappa shape index (κ2) is 7.14. The Morgan fingerprint density at radius 3 is 2.76 bits per heavy atom. The number of aromatic nitrogens is 1. The molecule has 2 bridgehead atoms. The molecule has 0 spiro atoms. The molecule has 0 saturated heterocycles. The van der Waals surface area contributed by atoms with Gasteiger partial charge >= 0.3 is 0 Å². The second-order valence-corrected chi connectivity index (χ2v) is 8.70. The lowest BCUT2D eigenvalue weighted by Gasteiger charge is -2.15. The van der Waals surface area contributed by atoms with Gasteiger partial charge in [0.25, 0.3) is 5.91 Å². The van der Waals surface area contributed by atoms with Crippen molar-refractivity contribution in [2.24, 2.45) is 17.8 Å². The third kappa shape index (κ3) is 3.62. The van der Waals surface area contributed by atoms with Crippen molar-refractivity contribution >= 4 is 29.0 Å². The Labute approximate surface area is 135 Å². The quantitative estimate of drug-likeness (QED) is 0.604. The van der Waals surface area contributed by atoms with Crippen molar-refractivity contribution in [1.82, 2.24) is 10.3 Å². The lowest BCUT2D eigenvalue weighted by atomic mass is 9.92. The third-order valence-corrected chi connectivity index (χ3v) is 7.04. The Morgan fingerprint density at radius 1 is 1.38 bits per heavy atom. The molecule has 2 aliphatic rings. The van der Waals surface area contributed by atoms with Crippen molar-refractivity contribution in [3.8, 4) is 0 Å². The van der Waals surface area contributed by atoms with Crippen molar-refractivity contribution in [2.75, 3.05) is 12.3 Å². The van der Waals surface area contributed by atoms with Gasteiger partial charge in [-0.05, 0) is 62.0 Å². The molecule has 0 unspecified atom stereocenters. The van der Waals surface area contributed by atoms with Gasteiger partial charge in [0.05, 0.1) is 6.20 Å². The second-order valence-electron chi connectivity index (χ2n) is 6.16. The minimum absolute atomic E-state index is 0.0462. The van der Waals surface area contributed by atoms with E-state index in [4.69, 9.17) is 0 Å². The number of nitrogens with one attached hydrogen (secondary N) is 1. The van der Waals surface area contributed by atoms with Crippen molar-refractivity contribution in [3.63, 3.8) is 0 Å². The van der Waals surface area contributed by atoms with Gasteiger partial charge in [-0.15, -0.1) is 11.3 Å². The zero-order chi connectivity index (χ0) is 14.7. The summed E-state index contributed by atoms with van der Waals surface area (Å²) in [5.41, 5.74) is 0. The minimum Gasteiger partial charge on any atom is -0.351 e. The summed E-state index contributed by atoms with van der Waals surface area (Å²) < 4.78 is 0.991. The summed E-state index contributed by atoms with van der Waals surface area (Å²) in [4.78, 5) is 17.1. The van der Waals surface area contributed by atoms with E-state index in [2.05, 4.69) is 17.2 Å². The van der Waals surface area contributed by atoms with Gasteiger partial charge in [-0.25, -0.2) is 4.98 Å². The van der Waals surface area contributed by atoms with E-state index in [0.29, 0.717) is 0 Å². The first-order chi connectivity index (χ1) is 10.3. The van der Waals surface area contributed by atoms with E-state index in [1.165, 1.54) is 43.4 Å². The van der Waals surface area contributed by atoms with Crippen molar-refractivity contribution in [2.45, 2.75) is 49.8 Å². The Hall–Kier alpha value is -0.550. The predicted octanol–water partition coefficient (Wildman–Crippen LogP) is 4.20. The third-order valence-electron chi connectivity index (χ3n) is 5.00. The van der Waals surface area contributed by atoms with Crippen molar-refractivity contribution in [1.29, 1.82) is 0 Å². The summed E-state index contributed by atoms with van der Waals surface area (Å²) in [6, 6.07) is 0. The topological polar surface area (TPSA) is 42.0 Å². The summed E-state index contributed by atoms with van der Waals surface area (Å²) in [6.45, 7) is 2.91. The van der Waals surface area contributed by atoms with Crippen LogP contribution in [0, 0.1) is 17.8 Å². The molecule has 0 atom stereocenters. The Bertz CT molecular complexity index is 468. The Kier molecular flexibility index (Phi) is 5.22. The van der Waals surface area contributed by atoms with Crippen LogP contribution in [0.15, 0.2) is 10.5 Å². The molecular weight excluding hydrogens is 300 g/mol. The normalized spacial score (nSPS) is 27.2. The maximum absolute atomic E-state index is 12.0. The molecule has 1 N–H and O–H groups in total. The van der Waals surface area contributed by atoms with Gasteiger partial charge in [0.1, 0.15) is 4.88 Å². The Balaban J connectivity index is 1.37. The van der Waals surface area contributed by atoms with E-state index in [0.717, 1.165) is 45.7 Å². The maximum Gasteiger partial charge on any atom is 0.263 e. The minimum atomic E-state index is 0.0462. The lowest BCUT2D eigenvalue weighted by Crippen LogP contribution is -2.24. The first-order valence-corrected chi connectivity index (χ1v) is 9.95. The molecule has 1 aromatic rings. The van der Waals surface area contributed by atoms with Gasteiger partial charge in [-0.1, -0.05) is 18.7 Å². The fourth-order valence-corrected chi connectivity index (χ4v) is 5.83. The van der Waals surface area contributed by atoms with Crippen LogP contribution < -0.4 is 5.32 Å². The van der Waals surface area contributed by atoms with E-state index < -0.39 is 0 Å². The molecule has 0 aliphatic heterocycles. The molecule has 5 heteroatoms. The molecule has 3 rings (SSSR count). The van der Waals surface area contributed by atoms with E-state index in [9.17, 15) is 4.79 Å². The Morgan fingerprint density at radius 2 is 2.10 bits per heavy atom. The number of thiazole rings is 1. The van der Waals surface area contributed by atoms with Crippen LogP contribution in [-0.4, -0.2) is 23.2 Å². The molecule has 2 fully saturated rings. The molecule has 3 nitrogen and oxygen atoms in total. The van der Waals surface area contributed by atoms with Crippen LogP contribution in [0.3, 0.4) is 0 Å². The first-order valence-electron chi connectivity index (χ1n) is 8.14. The summed E-state index contributed by atoms with van der Waals surface area (Å²) in [5, 5.41) is 3.05. The van der Waals surface area contributed by atoms with Crippen LogP contribution in [0.2, 0.25) is 0 Å². The molecule has 21 heavy (non-hydrogen) atoms. The van der Waals surface area contributed by atoms with E-state index in [1.54, 1.807) is 18.0 Å². The number of hydrogen-bond acceptors (Lipinski definition) is 4. The summed E-state index contributed by atoms with van der Waals surface area (Å²) in [5.74, 6) is 4.00. The number of fused-ring (bicyclic) bond motifs is 2. The molecule has 0 aromatic carbocycles. The first kappa shape index (κ1) is 15.3. The zero-order valence-electron chi connectivity index (χ0n) is 12.6. The number of carbonyl (C=O) groups excluding carboxylic acids is 1. The molecule has 116 valence electrons. The number of carbonyl (C=O) groups is 1. The number of amides is 1. The monoisotopic (exact) mass is 324 g/mol. The fourth-order valence-electron chi connectivity index (χ4n) is 4.04. The van der Waals surface area contributed by atoms with E-state index >= 15 is 0 Å². The van der Waals surface area contributed by atoms with Crippen LogP contribution in [0.1, 0.15) is 55.1 Å². The summed E-state index contributed by atoms with van der Waals surface area (Å²) in [6.07, 6.45) is 9.96. The summed E-state index contributed by atoms with van der Waals surface area (Å²) in [7, 11) is 0. The smallest absolute Gasteiger partial charge is 0.263 e. The molecule has 0 radical (unpaired) electrons. The molecule has 1 amide bonds. The van der Waals surface area contributed by atoms with Gasteiger partial charge in [0.15, 0.2) is 4.34 Å². The van der Waals surface area contributed by atoms with Gasteiger partial charge in [0, 0.05) is 6.54 Å². The lowest BCUT2D eigenvalue weighted by molar-refractivity contribution is 0.0956. The van der Waals surface area contributed by atoms with E-state index in [1.807, 2.05) is 0 Å². The fraction of sp³-hybridized carbons (Fsp3) is 0.750. The number of thioether (sulfide) groups is 1. The van der Waals surface area contributed by atoms with Crippen LogP contribution in [-0.2, 0) is 0 Å². The molecule has 1 heterocycles. The average molecular weight is 325 g/mol. The standard InChI is InChI=1S/C16H24N2OS2/c1-2-20-16-18-10-14(21-16)15(19)17-9-3-4-13-11-5-6-12(13)8-7-11/h10-13H,2-9H2,1H3,(H,17,19). The van der Waals surface area contributed by atoms with Gasteiger partial charge in [-0.3, -0.25) is 4.79 Å². The van der Waals surface area contributed by atoms with Gasteiger partial charge < -0.3 is 5.32 Å². The van der Waals surface area contributed by atoms with E-state index in [-0.39, 0.29) is 5.91 Å². The molecule has 1 aromatic heterocycles. The van der Waals surface area contributed by atoms with Crippen LogP contribution in [0.25, 0.3) is 0 Å². The van der Waals surface area contributed by atoms with Crippen LogP contribution in [0.5, 0.6) is 0 Å². The SMILES string of the molecule is CCSc1ncc(C(=O)NCCCC2C3CCC2CC3)s1. The van der Waals surface area contributed by atoms with Gasteiger partial charge in [-0.2, -0.15) is 0 Å². The largest absolute Gasteiger partial charge is 0.351 e. The highest BCUT2D eigenvalue weighted by Crippen LogP contribution is 2.50. The zero-order valence-corrected chi connectivity index (χ0v) is 14.3. The number of hydrogen-bond donors (Lipinski definition) is 1. The van der Waals surface area contributed by atoms with Gasteiger partial charge in [0.2, 0.25) is 0 Å². The highest BCUT2D eigenvalue weighted by atomic mass is 32.2. The number of rotatable bonds is 7. The summed E-state index contributed by atoms with van der Waals surface area (Å²) >= 11 is 3.19. The van der Waals surface area contributed by atoms with Crippen molar-refractivity contribution in [3.05, 3.63) is 11.1 Å². The van der Waals surface area contributed by atoms with Crippen molar-refractivity contribution < 1.29 is 4.79 Å². The highest BCUT2D eigenvalue weighted by molar-refractivity contribution is 8.01. The molecule has 2 saturated carbocycles. The molecular formula is C16H24N2OS2. The molecule has 2 aliphatic carbocycles. The number of nitrogens with zero attached hydrogens (tertiary/aromatic N) is 1. The van der Waals surface area contributed by atoms with Crippen LogP contribution in [0.4, 0.5) is 0 Å². The maximum atomic E-state index is 12.0. The average Bonchev–Trinajstić information content (AvgIpc) is 3.20. The highest BCUT2D eigenvalue weighted by Gasteiger charge is 2.40.